The summed E-state index contributed by atoms with van der Waals surface area (Å²) in [6.07, 6.45) is 10.6. The van der Waals surface area contributed by atoms with Gasteiger partial charge in [-0.25, -0.2) is 0 Å². The first-order valence-electron chi connectivity index (χ1n) is 8.01. The second-order valence-corrected chi connectivity index (χ2v) is 6.29. The molecule has 0 bridgehead atoms. The number of aliphatic hydroxyl groups is 1. The van der Waals surface area contributed by atoms with Gasteiger partial charge in [-0.2, -0.15) is 0 Å². The van der Waals surface area contributed by atoms with Crippen molar-refractivity contribution in [2.75, 3.05) is 13.2 Å². The number of hydrogen-bond donors (Lipinski definition) is 2. The van der Waals surface area contributed by atoms with Crippen LogP contribution in [0.3, 0.4) is 0 Å². The number of nitrogens with one attached hydrogen (secondary N) is 1. The molecule has 0 amide bonds. The minimum atomic E-state index is 0.0962. The molecule has 1 aliphatic carbocycles. The molecule has 2 nitrogen and oxygen atoms in total. The molecule has 18 heavy (non-hydrogen) atoms. The Morgan fingerprint density at radius 1 is 1.11 bits per heavy atom. The van der Waals surface area contributed by atoms with E-state index in [0.29, 0.717) is 12.6 Å². The van der Waals surface area contributed by atoms with Crippen molar-refractivity contribution in [1.82, 2.24) is 5.32 Å². The van der Waals surface area contributed by atoms with Gasteiger partial charge in [0.25, 0.3) is 0 Å². The summed E-state index contributed by atoms with van der Waals surface area (Å²) < 4.78 is 0. The molecule has 1 atom stereocenters. The van der Waals surface area contributed by atoms with Gasteiger partial charge in [-0.3, -0.25) is 0 Å². The van der Waals surface area contributed by atoms with Gasteiger partial charge in [0.2, 0.25) is 0 Å². The summed E-state index contributed by atoms with van der Waals surface area (Å²) in [7, 11) is 0. The van der Waals surface area contributed by atoms with Crippen LogP contribution < -0.4 is 5.32 Å². The minimum absolute atomic E-state index is 0.0962. The van der Waals surface area contributed by atoms with E-state index in [-0.39, 0.29) is 5.41 Å². The zero-order valence-electron chi connectivity index (χ0n) is 12.7. The SMILES string of the molecule is CCC(CC)(CO)CN[C@@H](C)C1CCCCCC1. The summed E-state index contributed by atoms with van der Waals surface area (Å²) in [5, 5.41) is 13.3. The van der Waals surface area contributed by atoms with E-state index in [2.05, 4.69) is 26.1 Å². The molecule has 0 aromatic rings. The lowest BCUT2D eigenvalue weighted by atomic mass is 9.82. The van der Waals surface area contributed by atoms with E-state index >= 15 is 0 Å². The van der Waals surface area contributed by atoms with Gasteiger partial charge >= 0.3 is 0 Å². The molecule has 0 spiro atoms. The van der Waals surface area contributed by atoms with Crippen LogP contribution >= 0.6 is 0 Å². The van der Waals surface area contributed by atoms with Crippen LogP contribution in [0.2, 0.25) is 0 Å². The zero-order chi connectivity index (χ0) is 13.4. The van der Waals surface area contributed by atoms with E-state index in [0.717, 1.165) is 25.3 Å². The summed E-state index contributed by atoms with van der Waals surface area (Å²) in [5.41, 5.74) is 0.0962. The van der Waals surface area contributed by atoms with E-state index in [9.17, 15) is 5.11 Å². The van der Waals surface area contributed by atoms with E-state index < -0.39 is 0 Å². The molecule has 1 rings (SSSR count). The smallest absolute Gasteiger partial charge is 0.0499 e. The van der Waals surface area contributed by atoms with Crippen LogP contribution in [0.15, 0.2) is 0 Å². The Bertz CT molecular complexity index is 197. The fourth-order valence-corrected chi connectivity index (χ4v) is 3.13. The Kier molecular flexibility index (Phi) is 7.25. The highest BCUT2D eigenvalue weighted by molar-refractivity contribution is 4.82. The lowest BCUT2D eigenvalue weighted by molar-refractivity contribution is 0.106. The van der Waals surface area contributed by atoms with Crippen LogP contribution in [0.1, 0.15) is 72.1 Å². The second-order valence-electron chi connectivity index (χ2n) is 6.29. The lowest BCUT2D eigenvalue weighted by Crippen LogP contribution is -2.43. The quantitative estimate of drug-likeness (QED) is 0.679. The molecule has 1 saturated carbocycles. The van der Waals surface area contributed by atoms with Crippen molar-refractivity contribution < 1.29 is 5.11 Å². The number of hydrogen-bond acceptors (Lipinski definition) is 2. The van der Waals surface area contributed by atoms with Gasteiger partial charge < -0.3 is 10.4 Å². The molecule has 0 aromatic carbocycles. The molecule has 0 aliphatic heterocycles. The second kappa shape index (κ2) is 8.16. The van der Waals surface area contributed by atoms with Crippen molar-refractivity contribution in [3.63, 3.8) is 0 Å². The first kappa shape index (κ1) is 16.0. The highest BCUT2D eigenvalue weighted by atomic mass is 16.3. The van der Waals surface area contributed by atoms with Gasteiger partial charge in [-0.15, -0.1) is 0 Å². The van der Waals surface area contributed by atoms with E-state index in [1.54, 1.807) is 0 Å². The van der Waals surface area contributed by atoms with Gasteiger partial charge in [0.05, 0.1) is 0 Å². The maximum absolute atomic E-state index is 9.60. The zero-order valence-corrected chi connectivity index (χ0v) is 12.7. The lowest BCUT2D eigenvalue weighted by Gasteiger charge is -2.33. The van der Waals surface area contributed by atoms with Crippen molar-refractivity contribution in [2.45, 2.75) is 78.2 Å². The summed E-state index contributed by atoms with van der Waals surface area (Å²) in [6, 6.07) is 0.604. The Morgan fingerprint density at radius 3 is 2.11 bits per heavy atom. The normalized spacial score (nSPS) is 20.7. The van der Waals surface area contributed by atoms with Crippen molar-refractivity contribution in [3.8, 4) is 0 Å². The average Bonchev–Trinajstić information content (AvgIpc) is 2.69. The van der Waals surface area contributed by atoms with Crippen molar-refractivity contribution in [2.24, 2.45) is 11.3 Å². The van der Waals surface area contributed by atoms with E-state index in [4.69, 9.17) is 0 Å². The van der Waals surface area contributed by atoms with Crippen LogP contribution in [-0.2, 0) is 0 Å². The maximum atomic E-state index is 9.60. The predicted molar refractivity (Wildman–Crippen MR) is 78.8 cm³/mol. The molecule has 1 aliphatic rings. The fourth-order valence-electron chi connectivity index (χ4n) is 3.13. The molecule has 0 aromatic heterocycles. The molecular weight excluding hydrogens is 222 g/mol. The Morgan fingerprint density at radius 2 is 1.67 bits per heavy atom. The largest absolute Gasteiger partial charge is 0.396 e. The third-order valence-electron chi connectivity index (χ3n) is 5.24. The molecule has 108 valence electrons. The first-order valence-corrected chi connectivity index (χ1v) is 8.01. The van der Waals surface area contributed by atoms with Gasteiger partial charge in [-0.05, 0) is 38.5 Å². The molecule has 1 fully saturated rings. The molecular formula is C16H33NO. The molecule has 0 heterocycles. The van der Waals surface area contributed by atoms with E-state index in [1.807, 2.05) is 0 Å². The summed E-state index contributed by atoms with van der Waals surface area (Å²) in [5.74, 6) is 0.845. The highest BCUT2D eigenvalue weighted by Gasteiger charge is 2.27. The molecule has 2 N–H and O–H groups in total. The predicted octanol–water partition coefficient (Wildman–Crippen LogP) is 3.73. The summed E-state index contributed by atoms with van der Waals surface area (Å²) >= 11 is 0. The third-order valence-corrected chi connectivity index (χ3v) is 5.24. The summed E-state index contributed by atoms with van der Waals surface area (Å²) in [6.45, 7) is 8.00. The standard InChI is InChI=1S/C16H33NO/c1-4-16(5-2,13-18)12-17-14(3)15-10-8-6-7-9-11-15/h14-15,17-18H,4-13H2,1-3H3/t14-/m0/s1. The molecule has 0 unspecified atom stereocenters. The number of rotatable bonds is 7. The maximum Gasteiger partial charge on any atom is 0.0499 e. The molecule has 2 heteroatoms. The van der Waals surface area contributed by atoms with Crippen LogP contribution in [-0.4, -0.2) is 24.3 Å². The summed E-state index contributed by atoms with van der Waals surface area (Å²) in [4.78, 5) is 0. The number of aliphatic hydroxyl groups excluding tert-OH is 1. The van der Waals surface area contributed by atoms with Gasteiger partial charge in [-0.1, -0.05) is 39.5 Å². The average molecular weight is 255 g/mol. The van der Waals surface area contributed by atoms with Crippen LogP contribution in [0.4, 0.5) is 0 Å². The third kappa shape index (κ3) is 4.55. The fraction of sp³-hybridized carbons (Fsp3) is 1.00. The minimum Gasteiger partial charge on any atom is -0.396 e. The Balaban J connectivity index is 2.40. The Hall–Kier alpha value is -0.0800. The van der Waals surface area contributed by atoms with Crippen LogP contribution in [0.25, 0.3) is 0 Å². The topological polar surface area (TPSA) is 32.3 Å². The van der Waals surface area contributed by atoms with E-state index in [1.165, 1.54) is 38.5 Å². The van der Waals surface area contributed by atoms with Gasteiger partial charge in [0.15, 0.2) is 0 Å². The molecule has 0 radical (unpaired) electrons. The molecule has 0 saturated heterocycles. The van der Waals surface area contributed by atoms with Crippen molar-refractivity contribution in [1.29, 1.82) is 0 Å². The Labute approximate surface area is 114 Å². The van der Waals surface area contributed by atoms with Gasteiger partial charge in [0.1, 0.15) is 0 Å². The van der Waals surface area contributed by atoms with Gasteiger partial charge in [0, 0.05) is 24.6 Å². The monoisotopic (exact) mass is 255 g/mol. The van der Waals surface area contributed by atoms with Crippen molar-refractivity contribution in [3.05, 3.63) is 0 Å². The van der Waals surface area contributed by atoms with Crippen LogP contribution in [0.5, 0.6) is 0 Å². The van der Waals surface area contributed by atoms with Crippen LogP contribution in [0, 0.1) is 11.3 Å². The van der Waals surface area contributed by atoms with Crippen molar-refractivity contribution >= 4 is 0 Å². The first-order chi connectivity index (χ1) is 8.67. The highest BCUT2D eigenvalue weighted by Crippen LogP contribution is 2.28.